The minimum absolute atomic E-state index is 0.506. The SMILES string of the molecule is CCCNCc1ccc(SC(C)C)c(C#N)c1. The molecule has 92 valence electrons. The summed E-state index contributed by atoms with van der Waals surface area (Å²) in [6.07, 6.45) is 1.13. The summed E-state index contributed by atoms with van der Waals surface area (Å²) in [7, 11) is 0. The van der Waals surface area contributed by atoms with Crippen LogP contribution in [0.4, 0.5) is 0 Å². The molecule has 0 fully saturated rings. The minimum Gasteiger partial charge on any atom is -0.313 e. The molecule has 0 spiro atoms. The van der Waals surface area contributed by atoms with E-state index >= 15 is 0 Å². The molecule has 0 bridgehead atoms. The zero-order valence-electron chi connectivity index (χ0n) is 10.8. The van der Waals surface area contributed by atoms with Gasteiger partial charge in [-0.15, -0.1) is 11.8 Å². The van der Waals surface area contributed by atoms with Gasteiger partial charge in [-0.25, -0.2) is 0 Å². The summed E-state index contributed by atoms with van der Waals surface area (Å²) in [4.78, 5) is 1.08. The molecule has 0 heterocycles. The van der Waals surface area contributed by atoms with E-state index < -0.39 is 0 Å². The number of benzene rings is 1. The summed E-state index contributed by atoms with van der Waals surface area (Å²) in [5.41, 5.74) is 1.97. The highest BCUT2D eigenvalue weighted by atomic mass is 32.2. The smallest absolute Gasteiger partial charge is 0.100 e. The maximum Gasteiger partial charge on any atom is 0.100 e. The van der Waals surface area contributed by atoms with Crippen LogP contribution in [0.5, 0.6) is 0 Å². The van der Waals surface area contributed by atoms with Gasteiger partial charge >= 0.3 is 0 Å². The minimum atomic E-state index is 0.506. The normalized spacial score (nSPS) is 10.5. The molecule has 0 saturated carbocycles. The maximum atomic E-state index is 9.14. The molecule has 2 nitrogen and oxygen atoms in total. The van der Waals surface area contributed by atoms with E-state index in [4.69, 9.17) is 5.26 Å². The quantitative estimate of drug-likeness (QED) is 0.617. The van der Waals surface area contributed by atoms with Gasteiger partial charge in [0.05, 0.1) is 5.56 Å². The van der Waals surface area contributed by atoms with Crippen LogP contribution in [-0.2, 0) is 6.54 Å². The summed E-state index contributed by atoms with van der Waals surface area (Å²) in [5.74, 6) is 0. The molecule has 0 aliphatic heterocycles. The average Bonchev–Trinajstić information content (AvgIpc) is 2.30. The Kier molecular flexibility index (Phi) is 6.10. The predicted molar refractivity (Wildman–Crippen MR) is 74.1 cm³/mol. The van der Waals surface area contributed by atoms with Gasteiger partial charge in [-0.2, -0.15) is 5.26 Å². The van der Waals surface area contributed by atoms with E-state index in [1.807, 2.05) is 6.07 Å². The van der Waals surface area contributed by atoms with Gasteiger partial charge in [0.1, 0.15) is 6.07 Å². The molecule has 0 radical (unpaired) electrons. The van der Waals surface area contributed by atoms with E-state index in [0.717, 1.165) is 30.0 Å². The lowest BCUT2D eigenvalue weighted by molar-refractivity contribution is 0.675. The van der Waals surface area contributed by atoms with E-state index in [2.05, 4.69) is 44.3 Å². The van der Waals surface area contributed by atoms with Crippen molar-refractivity contribution in [1.29, 1.82) is 5.26 Å². The first kappa shape index (κ1) is 14.1. The van der Waals surface area contributed by atoms with Gasteiger partial charge in [0, 0.05) is 16.7 Å². The second-order valence-corrected chi connectivity index (χ2v) is 5.90. The molecule has 0 saturated heterocycles. The van der Waals surface area contributed by atoms with Gasteiger partial charge in [0.25, 0.3) is 0 Å². The molecular weight excluding hydrogens is 228 g/mol. The number of hydrogen-bond donors (Lipinski definition) is 1. The van der Waals surface area contributed by atoms with E-state index in [1.165, 1.54) is 5.56 Å². The lowest BCUT2D eigenvalue weighted by Crippen LogP contribution is -2.13. The van der Waals surface area contributed by atoms with Crippen LogP contribution < -0.4 is 5.32 Å². The highest BCUT2D eigenvalue weighted by Crippen LogP contribution is 2.26. The van der Waals surface area contributed by atoms with Crippen molar-refractivity contribution in [1.82, 2.24) is 5.32 Å². The number of nitrogens with zero attached hydrogens (tertiary/aromatic N) is 1. The molecule has 1 rings (SSSR count). The molecule has 0 aromatic heterocycles. The molecule has 1 aromatic rings. The number of thioether (sulfide) groups is 1. The monoisotopic (exact) mass is 248 g/mol. The second-order valence-electron chi connectivity index (χ2n) is 4.29. The van der Waals surface area contributed by atoms with Crippen molar-refractivity contribution in [3.05, 3.63) is 29.3 Å². The average molecular weight is 248 g/mol. The fourth-order valence-corrected chi connectivity index (χ4v) is 2.43. The van der Waals surface area contributed by atoms with Crippen molar-refractivity contribution in [2.24, 2.45) is 0 Å². The number of nitrogens with one attached hydrogen (secondary N) is 1. The third-order valence-electron chi connectivity index (χ3n) is 2.28. The molecule has 0 aliphatic rings. The Morgan fingerprint density at radius 1 is 1.41 bits per heavy atom. The van der Waals surface area contributed by atoms with Gasteiger partial charge in [0.2, 0.25) is 0 Å². The fourth-order valence-electron chi connectivity index (χ4n) is 1.54. The van der Waals surface area contributed by atoms with Crippen LogP contribution in [0.15, 0.2) is 23.1 Å². The van der Waals surface area contributed by atoms with Crippen molar-refractivity contribution < 1.29 is 0 Å². The van der Waals surface area contributed by atoms with Crippen LogP contribution in [0, 0.1) is 11.3 Å². The maximum absolute atomic E-state index is 9.14. The molecule has 1 N–H and O–H groups in total. The number of hydrogen-bond acceptors (Lipinski definition) is 3. The second kappa shape index (κ2) is 7.37. The highest BCUT2D eigenvalue weighted by molar-refractivity contribution is 8.00. The molecule has 1 aromatic carbocycles. The lowest BCUT2D eigenvalue weighted by atomic mass is 10.1. The van der Waals surface area contributed by atoms with Gasteiger partial charge < -0.3 is 5.32 Å². The van der Waals surface area contributed by atoms with E-state index in [1.54, 1.807) is 11.8 Å². The van der Waals surface area contributed by atoms with Crippen molar-refractivity contribution in [3.63, 3.8) is 0 Å². The zero-order chi connectivity index (χ0) is 12.7. The summed E-state index contributed by atoms with van der Waals surface area (Å²) in [5, 5.41) is 13.0. The van der Waals surface area contributed by atoms with Crippen molar-refractivity contribution >= 4 is 11.8 Å². The van der Waals surface area contributed by atoms with Crippen molar-refractivity contribution in [3.8, 4) is 6.07 Å². The summed E-state index contributed by atoms with van der Waals surface area (Å²) in [6.45, 7) is 8.29. The first-order valence-electron chi connectivity index (χ1n) is 6.07. The fraction of sp³-hybridized carbons (Fsp3) is 0.500. The molecule has 0 aliphatic carbocycles. The summed E-state index contributed by atoms with van der Waals surface area (Å²) >= 11 is 1.74. The highest BCUT2D eigenvalue weighted by Gasteiger charge is 2.06. The van der Waals surface area contributed by atoms with Gasteiger partial charge in [-0.05, 0) is 30.7 Å². The first-order chi connectivity index (χ1) is 8.17. The molecule has 0 amide bonds. The van der Waals surface area contributed by atoms with Gasteiger partial charge in [-0.1, -0.05) is 26.8 Å². The van der Waals surface area contributed by atoms with Crippen LogP contribution in [0.3, 0.4) is 0 Å². The van der Waals surface area contributed by atoms with E-state index in [0.29, 0.717) is 5.25 Å². The van der Waals surface area contributed by atoms with Crippen LogP contribution in [0.2, 0.25) is 0 Å². The third kappa shape index (κ3) is 4.80. The van der Waals surface area contributed by atoms with Crippen LogP contribution in [0.1, 0.15) is 38.3 Å². The predicted octanol–water partition coefficient (Wildman–Crippen LogP) is 3.56. The van der Waals surface area contributed by atoms with Gasteiger partial charge in [0.15, 0.2) is 0 Å². The molecule has 0 unspecified atom stereocenters. The van der Waals surface area contributed by atoms with Crippen LogP contribution >= 0.6 is 11.8 Å². The number of nitriles is 1. The third-order valence-corrected chi connectivity index (χ3v) is 3.36. The lowest BCUT2D eigenvalue weighted by Gasteiger charge is -2.09. The van der Waals surface area contributed by atoms with Gasteiger partial charge in [-0.3, -0.25) is 0 Å². The standard InChI is InChI=1S/C14H20N2S/c1-4-7-16-10-12-5-6-14(17-11(2)3)13(8-12)9-15/h5-6,8,11,16H,4,7,10H2,1-3H3. The largest absolute Gasteiger partial charge is 0.313 e. The molecule has 3 heteroatoms. The Morgan fingerprint density at radius 2 is 2.18 bits per heavy atom. The Labute approximate surface area is 108 Å². The van der Waals surface area contributed by atoms with Crippen molar-refractivity contribution in [2.75, 3.05) is 6.54 Å². The Hall–Kier alpha value is -0.980. The molecular formula is C14H20N2S. The van der Waals surface area contributed by atoms with Crippen LogP contribution in [-0.4, -0.2) is 11.8 Å². The topological polar surface area (TPSA) is 35.8 Å². The summed E-state index contributed by atoms with van der Waals surface area (Å²) < 4.78 is 0. The van der Waals surface area contributed by atoms with E-state index in [-0.39, 0.29) is 0 Å². The molecule has 17 heavy (non-hydrogen) atoms. The zero-order valence-corrected chi connectivity index (χ0v) is 11.6. The first-order valence-corrected chi connectivity index (χ1v) is 6.95. The Balaban J connectivity index is 2.75. The summed E-state index contributed by atoms with van der Waals surface area (Å²) in [6, 6.07) is 8.44. The van der Waals surface area contributed by atoms with Crippen molar-refractivity contribution in [2.45, 2.75) is 43.9 Å². The number of rotatable bonds is 6. The Bertz CT molecular complexity index is 394. The Morgan fingerprint density at radius 3 is 2.76 bits per heavy atom. The van der Waals surface area contributed by atoms with Crippen LogP contribution in [0.25, 0.3) is 0 Å². The van der Waals surface area contributed by atoms with E-state index in [9.17, 15) is 0 Å². The molecule has 0 atom stereocenters.